The summed E-state index contributed by atoms with van der Waals surface area (Å²) < 4.78 is 0. The number of rotatable bonds is 4. The standard InChI is InChI=1S/C21H28N4O2/c1-11(2)24-20(26)16-10-23-19-15(3-4-22-19)18(16)25-17-13-5-12-6-14(17)9-21(27,7-12)8-13/h3-4,10-14,17,27H,5-9H2,1-2H3,(H,24,26)(H2,22,23,25)/t12?,13-,14+,17?,21?. The van der Waals surface area contributed by atoms with E-state index in [-0.39, 0.29) is 11.9 Å². The highest BCUT2D eigenvalue weighted by atomic mass is 16.3. The van der Waals surface area contributed by atoms with Crippen LogP contribution in [0.3, 0.4) is 0 Å². The Labute approximate surface area is 159 Å². The second kappa shape index (κ2) is 5.96. The van der Waals surface area contributed by atoms with Crippen molar-refractivity contribution < 1.29 is 9.90 Å². The van der Waals surface area contributed by atoms with Gasteiger partial charge >= 0.3 is 0 Å². The average molecular weight is 368 g/mol. The largest absolute Gasteiger partial charge is 0.390 e. The fraction of sp³-hybridized carbons (Fsp3) is 0.619. The van der Waals surface area contributed by atoms with Gasteiger partial charge in [-0.2, -0.15) is 0 Å². The zero-order valence-electron chi connectivity index (χ0n) is 16.0. The third-order valence-corrected chi connectivity index (χ3v) is 6.80. The van der Waals surface area contributed by atoms with E-state index < -0.39 is 5.60 Å². The lowest BCUT2D eigenvalue weighted by molar-refractivity contribution is -0.129. The van der Waals surface area contributed by atoms with Crippen LogP contribution in [0.1, 0.15) is 56.3 Å². The van der Waals surface area contributed by atoms with Crippen LogP contribution in [0.5, 0.6) is 0 Å². The van der Waals surface area contributed by atoms with Crippen LogP contribution in [-0.2, 0) is 0 Å². The minimum Gasteiger partial charge on any atom is -0.390 e. The molecule has 0 spiro atoms. The lowest BCUT2D eigenvalue weighted by atomic mass is 9.52. The maximum Gasteiger partial charge on any atom is 0.255 e. The second-order valence-electron chi connectivity index (χ2n) is 9.28. The van der Waals surface area contributed by atoms with Crippen LogP contribution in [-0.4, -0.2) is 38.7 Å². The number of anilines is 1. The Balaban J connectivity index is 1.51. The van der Waals surface area contributed by atoms with E-state index in [1.54, 1.807) is 6.20 Å². The van der Waals surface area contributed by atoms with E-state index in [4.69, 9.17) is 0 Å². The number of nitrogens with zero attached hydrogens (tertiary/aromatic N) is 1. The third kappa shape index (κ3) is 2.81. The van der Waals surface area contributed by atoms with Crippen molar-refractivity contribution >= 4 is 22.6 Å². The van der Waals surface area contributed by atoms with E-state index in [1.165, 1.54) is 12.8 Å². The highest BCUT2D eigenvalue weighted by Crippen LogP contribution is 2.56. The summed E-state index contributed by atoms with van der Waals surface area (Å²) >= 11 is 0. The highest BCUT2D eigenvalue weighted by Gasteiger charge is 2.54. The van der Waals surface area contributed by atoms with Gasteiger partial charge in [0.1, 0.15) is 5.65 Å². The number of carbonyl (C=O) groups excluding carboxylic acids is 1. The molecule has 27 heavy (non-hydrogen) atoms. The Bertz CT molecular complexity index is 873. The number of pyridine rings is 1. The van der Waals surface area contributed by atoms with E-state index in [1.807, 2.05) is 26.1 Å². The topological polar surface area (TPSA) is 90.0 Å². The van der Waals surface area contributed by atoms with Crippen molar-refractivity contribution in [1.29, 1.82) is 0 Å². The van der Waals surface area contributed by atoms with Gasteiger partial charge in [-0.3, -0.25) is 4.79 Å². The number of aromatic nitrogens is 2. The molecular weight excluding hydrogens is 340 g/mol. The molecule has 0 aromatic carbocycles. The Morgan fingerprint density at radius 2 is 2.04 bits per heavy atom. The maximum atomic E-state index is 12.8. The predicted molar refractivity (Wildman–Crippen MR) is 105 cm³/mol. The Morgan fingerprint density at radius 3 is 2.70 bits per heavy atom. The molecule has 2 heterocycles. The predicted octanol–water partition coefficient (Wildman–Crippen LogP) is 3.05. The zero-order chi connectivity index (χ0) is 18.8. The molecule has 5 atom stereocenters. The Morgan fingerprint density at radius 1 is 1.30 bits per heavy atom. The molecule has 0 saturated heterocycles. The Kier molecular flexibility index (Phi) is 3.76. The van der Waals surface area contributed by atoms with Gasteiger partial charge in [-0.15, -0.1) is 0 Å². The van der Waals surface area contributed by atoms with Crippen molar-refractivity contribution in [2.45, 2.75) is 63.6 Å². The molecule has 4 N–H and O–H groups in total. The smallest absolute Gasteiger partial charge is 0.255 e. The molecule has 4 aliphatic rings. The summed E-state index contributed by atoms with van der Waals surface area (Å²) in [6, 6.07) is 2.37. The summed E-state index contributed by atoms with van der Waals surface area (Å²) in [6.45, 7) is 3.93. The lowest BCUT2D eigenvalue weighted by Crippen LogP contribution is -2.59. The van der Waals surface area contributed by atoms with Crippen molar-refractivity contribution in [2.24, 2.45) is 17.8 Å². The zero-order valence-corrected chi connectivity index (χ0v) is 16.0. The molecular formula is C21H28N4O2. The molecule has 4 aliphatic carbocycles. The van der Waals surface area contributed by atoms with Gasteiger partial charge in [0.05, 0.1) is 16.9 Å². The molecule has 6 nitrogen and oxygen atoms in total. The van der Waals surface area contributed by atoms with Gasteiger partial charge in [0.25, 0.3) is 5.91 Å². The number of hydrogen-bond donors (Lipinski definition) is 4. The summed E-state index contributed by atoms with van der Waals surface area (Å²) in [5.74, 6) is 1.53. The molecule has 6 heteroatoms. The van der Waals surface area contributed by atoms with Crippen LogP contribution in [0.25, 0.3) is 11.0 Å². The summed E-state index contributed by atoms with van der Waals surface area (Å²) in [6.07, 6.45) is 8.65. The van der Waals surface area contributed by atoms with E-state index in [0.29, 0.717) is 29.4 Å². The average Bonchev–Trinajstić information content (AvgIpc) is 3.04. The minimum atomic E-state index is -0.450. The number of hydrogen-bond acceptors (Lipinski definition) is 4. The molecule has 2 aromatic rings. The quantitative estimate of drug-likeness (QED) is 0.668. The normalized spacial score (nSPS) is 34.4. The van der Waals surface area contributed by atoms with Gasteiger partial charge in [0, 0.05) is 29.9 Å². The fourth-order valence-electron chi connectivity index (χ4n) is 6.06. The first-order valence-corrected chi connectivity index (χ1v) is 10.2. The van der Waals surface area contributed by atoms with E-state index in [0.717, 1.165) is 36.0 Å². The summed E-state index contributed by atoms with van der Waals surface area (Å²) in [5.41, 5.74) is 1.82. The van der Waals surface area contributed by atoms with Gasteiger partial charge in [0.2, 0.25) is 0 Å². The molecule has 0 radical (unpaired) electrons. The minimum absolute atomic E-state index is 0.0719. The first-order valence-electron chi connectivity index (χ1n) is 10.2. The van der Waals surface area contributed by atoms with Gasteiger partial charge in [0.15, 0.2) is 0 Å². The number of amides is 1. The van der Waals surface area contributed by atoms with Crippen LogP contribution < -0.4 is 10.6 Å². The first-order chi connectivity index (χ1) is 12.9. The molecule has 4 bridgehead atoms. The van der Waals surface area contributed by atoms with Gasteiger partial charge in [-0.1, -0.05) is 0 Å². The van der Waals surface area contributed by atoms with Crippen LogP contribution in [0, 0.1) is 17.8 Å². The molecule has 6 rings (SSSR count). The van der Waals surface area contributed by atoms with Gasteiger partial charge in [-0.05, 0) is 69.8 Å². The number of carbonyl (C=O) groups is 1. The van der Waals surface area contributed by atoms with Crippen LogP contribution in [0.2, 0.25) is 0 Å². The van der Waals surface area contributed by atoms with Crippen molar-refractivity contribution in [3.8, 4) is 0 Å². The Hall–Kier alpha value is -2.08. The summed E-state index contributed by atoms with van der Waals surface area (Å²) in [4.78, 5) is 20.4. The van der Waals surface area contributed by atoms with Gasteiger partial charge < -0.3 is 20.7 Å². The maximum absolute atomic E-state index is 12.8. The molecule has 0 aliphatic heterocycles. The van der Waals surface area contributed by atoms with Crippen LogP contribution in [0.4, 0.5) is 5.69 Å². The number of aliphatic hydroxyl groups is 1. The van der Waals surface area contributed by atoms with E-state index in [2.05, 4.69) is 20.6 Å². The fourth-order valence-corrected chi connectivity index (χ4v) is 6.06. The van der Waals surface area contributed by atoms with Crippen molar-refractivity contribution in [2.75, 3.05) is 5.32 Å². The number of nitrogens with one attached hydrogen (secondary N) is 3. The lowest BCUT2D eigenvalue weighted by Gasteiger charge is -2.58. The van der Waals surface area contributed by atoms with Gasteiger partial charge in [-0.25, -0.2) is 4.98 Å². The summed E-state index contributed by atoms with van der Waals surface area (Å²) in [7, 11) is 0. The summed E-state index contributed by atoms with van der Waals surface area (Å²) in [5, 5.41) is 18.6. The van der Waals surface area contributed by atoms with E-state index in [9.17, 15) is 9.90 Å². The van der Waals surface area contributed by atoms with Crippen LogP contribution >= 0.6 is 0 Å². The van der Waals surface area contributed by atoms with Crippen molar-refractivity contribution in [1.82, 2.24) is 15.3 Å². The monoisotopic (exact) mass is 368 g/mol. The molecule has 144 valence electrons. The SMILES string of the molecule is CC(C)NC(=O)c1cnc2[nH]ccc2c1NC1[C@@H]2CC3C[C@H]1CC(O)(C3)C2. The second-order valence-corrected chi connectivity index (χ2v) is 9.28. The van der Waals surface area contributed by atoms with Crippen molar-refractivity contribution in [3.05, 3.63) is 24.0 Å². The number of aromatic amines is 1. The number of H-pyrrole nitrogens is 1. The molecule has 4 saturated carbocycles. The molecule has 1 amide bonds. The van der Waals surface area contributed by atoms with Crippen LogP contribution in [0.15, 0.2) is 18.5 Å². The van der Waals surface area contributed by atoms with E-state index >= 15 is 0 Å². The first kappa shape index (κ1) is 17.0. The molecule has 3 unspecified atom stereocenters. The highest BCUT2D eigenvalue weighted by molar-refractivity contribution is 6.06. The van der Waals surface area contributed by atoms with Crippen molar-refractivity contribution in [3.63, 3.8) is 0 Å². The molecule has 2 aromatic heterocycles. The third-order valence-electron chi connectivity index (χ3n) is 6.80. The number of fused-ring (bicyclic) bond motifs is 1. The molecule has 4 fully saturated rings.